The zero-order valence-electron chi connectivity index (χ0n) is 12.2. The maximum absolute atomic E-state index is 13.8. The van der Waals surface area contributed by atoms with Crippen LogP contribution in [0, 0.1) is 23.3 Å². The number of hydrogen-bond acceptors (Lipinski definition) is 2. The van der Waals surface area contributed by atoms with Crippen molar-refractivity contribution < 1.29 is 22.3 Å². The van der Waals surface area contributed by atoms with E-state index in [1.165, 1.54) is 7.11 Å². The van der Waals surface area contributed by atoms with Crippen LogP contribution in [0.2, 0.25) is 0 Å². The van der Waals surface area contributed by atoms with Crippen LogP contribution >= 0.6 is 0 Å². The van der Waals surface area contributed by atoms with Crippen LogP contribution in [-0.2, 0) is 0 Å². The molecule has 0 spiro atoms. The Hall–Kier alpha value is -3.03. The minimum Gasteiger partial charge on any atom is -0.497 e. The van der Waals surface area contributed by atoms with Crippen molar-refractivity contribution in [3.05, 3.63) is 70.0 Å². The van der Waals surface area contributed by atoms with Gasteiger partial charge in [-0.25, -0.2) is 22.2 Å². The molecule has 0 amide bonds. The summed E-state index contributed by atoms with van der Waals surface area (Å²) in [5, 5.41) is 2.53. The molecule has 1 heterocycles. The predicted molar refractivity (Wildman–Crippen MR) is 78.2 cm³/mol. The predicted octanol–water partition coefficient (Wildman–Crippen LogP) is 3.40. The van der Waals surface area contributed by atoms with E-state index < -0.39 is 34.4 Å². The molecule has 0 saturated heterocycles. The van der Waals surface area contributed by atoms with E-state index in [0.29, 0.717) is 17.5 Å². The van der Waals surface area contributed by atoms with Crippen molar-refractivity contribution in [1.29, 1.82) is 0 Å². The van der Waals surface area contributed by atoms with Gasteiger partial charge in [0.25, 0.3) is 5.56 Å². The minimum atomic E-state index is -1.94. The van der Waals surface area contributed by atoms with Crippen LogP contribution in [-0.4, -0.2) is 16.9 Å². The minimum absolute atomic E-state index is 0.189. The molecule has 24 heavy (non-hydrogen) atoms. The molecular formula is C16H10F4N2O2. The lowest BCUT2D eigenvalue weighted by Crippen LogP contribution is -2.13. The monoisotopic (exact) mass is 338 g/mol. The summed E-state index contributed by atoms with van der Waals surface area (Å²) >= 11 is 0. The van der Waals surface area contributed by atoms with E-state index in [4.69, 9.17) is 4.74 Å². The average Bonchev–Trinajstić information content (AvgIpc) is 2.98. The summed E-state index contributed by atoms with van der Waals surface area (Å²) in [7, 11) is 1.48. The van der Waals surface area contributed by atoms with Crippen molar-refractivity contribution >= 4 is 0 Å². The highest BCUT2D eigenvalue weighted by Gasteiger charge is 2.21. The highest BCUT2D eigenvalue weighted by molar-refractivity contribution is 5.60. The van der Waals surface area contributed by atoms with Crippen LogP contribution in [0.5, 0.6) is 5.75 Å². The van der Waals surface area contributed by atoms with Gasteiger partial charge in [0.05, 0.1) is 18.5 Å². The van der Waals surface area contributed by atoms with Gasteiger partial charge < -0.3 is 4.74 Å². The SMILES string of the molecule is COc1ccc(-n2[nH]c(-c3cc(F)c(F)c(F)c3F)cc2=O)cc1. The van der Waals surface area contributed by atoms with Gasteiger partial charge in [0.15, 0.2) is 23.3 Å². The van der Waals surface area contributed by atoms with Gasteiger partial charge in [0.2, 0.25) is 0 Å². The quantitative estimate of drug-likeness (QED) is 0.452. The second-order valence-corrected chi connectivity index (χ2v) is 4.89. The number of methoxy groups -OCH3 is 1. The molecule has 0 aliphatic heterocycles. The molecule has 3 rings (SSSR count). The Balaban J connectivity index is 2.11. The Labute approximate surface area is 132 Å². The molecule has 3 aromatic rings. The number of hydrogen-bond donors (Lipinski definition) is 1. The summed E-state index contributed by atoms with van der Waals surface area (Å²) < 4.78 is 59.6. The van der Waals surface area contributed by atoms with E-state index in [-0.39, 0.29) is 5.69 Å². The summed E-state index contributed by atoms with van der Waals surface area (Å²) in [6.07, 6.45) is 0. The van der Waals surface area contributed by atoms with E-state index in [0.717, 1.165) is 10.7 Å². The standard InChI is InChI=1S/C16H10F4N2O2/c1-24-9-4-2-8(3-5-9)22-13(23)7-12(21-22)10-6-11(17)15(19)16(20)14(10)18/h2-7,21H,1H3. The van der Waals surface area contributed by atoms with Crippen molar-refractivity contribution in [2.45, 2.75) is 0 Å². The number of halogens is 4. The summed E-state index contributed by atoms with van der Waals surface area (Å²) in [5.74, 6) is -6.43. The lowest BCUT2D eigenvalue weighted by Gasteiger charge is -2.06. The molecule has 4 nitrogen and oxygen atoms in total. The number of ether oxygens (including phenoxy) is 1. The average molecular weight is 338 g/mol. The Morgan fingerprint density at radius 2 is 1.62 bits per heavy atom. The summed E-state index contributed by atoms with van der Waals surface area (Å²) in [6.45, 7) is 0. The zero-order chi connectivity index (χ0) is 17.4. The van der Waals surface area contributed by atoms with Crippen molar-refractivity contribution in [3.63, 3.8) is 0 Å². The molecule has 0 saturated carbocycles. The molecule has 0 aliphatic carbocycles. The van der Waals surface area contributed by atoms with Crippen molar-refractivity contribution in [3.8, 4) is 22.7 Å². The molecule has 0 aliphatic rings. The summed E-state index contributed by atoms with van der Waals surface area (Å²) in [5.41, 5.74) is -0.961. The van der Waals surface area contributed by atoms with E-state index in [1.54, 1.807) is 24.3 Å². The molecule has 2 aromatic carbocycles. The first-order valence-corrected chi connectivity index (χ1v) is 6.72. The Morgan fingerprint density at radius 3 is 2.25 bits per heavy atom. The third-order valence-corrected chi connectivity index (χ3v) is 3.44. The Kier molecular flexibility index (Phi) is 3.88. The van der Waals surface area contributed by atoms with Gasteiger partial charge >= 0.3 is 0 Å². The smallest absolute Gasteiger partial charge is 0.271 e. The van der Waals surface area contributed by atoms with Crippen molar-refractivity contribution in [2.75, 3.05) is 7.11 Å². The summed E-state index contributed by atoms with van der Waals surface area (Å²) in [4.78, 5) is 12.0. The topological polar surface area (TPSA) is 47.0 Å². The maximum Gasteiger partial charge on any atom is 0.271 e. The molecule has 8 heteroatoms. The highest BCUT2D eigenvalue weighted by Crippen LogP contribution is 2.26. The number of aromatic nitrogens is 2. The highest BCUT2D eigenvalue weighted by atomic mass is 19.2. The van der Waals surface area contributed by atoms with Gasteiger partial charge in [-0.1, -0.05) is 0 Å². The molecule has 1 aromatic heterocycles. The fourth-order valence-electron chi connectivity index (χ4n) is 2.23. The van der Waals surface area contributed by atoms with Crippen LogP contribution in [0.3, 0.4) is 0 Å². The number of H-pyrrole nitrogens is 1. The van der Waals surface area contributed by atoms with Gasteiger partial charge in [-0.15, -0.1) is 0 Å². The molecule has 0 radical (unpaired) electrons. The first-order chi connectivity index (χ1) is 11.4. The molecule has 0 atom stereocenters. The van der Waals surface area contributed by atoms with Crippen molar-refractivity contribution in [1.82, 2.24) is 9.78 Å². The van der Waals surface area contributed by atoms with Crippen LogP contribution < -0.4 is 10.3 Å². The van der Waals surface area contributed by atoms with Crippen LogP contribution in [0.25, 0.3) is 16.9 Å². The molecule has 124 valence electrons. The zero-order valence-corrected chi connectivity index (χ0v) is 12.2. The lowest BCUT2D eigenvalue weighted by atomic mass is 10.1. The molecule has 0 fully saturated rings. The number of rotatable bonds is 3. The van der Waals surface area contributed by atoms with E-state index in [2.05, 4.69) is 5.10 Å². The first kappa shape index (κ1) is 15.9. The lowest BCUT2D eigenvalue weighted by molar-refractivity contribution is 0.410. The molecule has 0 unspecified atom stereocenters. The third-order valence-electron chi connectivity index (χ3n) is 3.44. The number of nitrogens with one attached hydrogen (secondary N) is 1. The van der Waals surface area contributed by atoms with Crippen molar-refractivity contribution in [2.24, 2.45) is 0 Å². The largest absolute Gasteiger partial charge is 0.497 e. The van der Waals surface area contributed by atoms with Gasteiger partial charge in [0.1, 0.15) is 5.75 Å². The number of aromatic amines is 1. The van der Waals surface area contributed by atoms with Gasteiger partial charge in [-0.2, -0.15) is 0 Å². The fraction of sp³-hybridized carbons (Fsp3) is 0.0625. The number of benzene rings is 2. The van der Waals surface area contributed by atoms with E-state index >= 15 is 0 Å². The fourth-order valence-corrected chi connectivity index (χ4v) is 2.23. The van der Waals surface area contributed by atoms with Crippen LogP contribution in [0.1, 0.15) is 0 Å². The normalized spacial score (nSPS) is 10.9. The van der Waals surface area contributed by atoms with Gasteiger partial charge in [-0.05, 0) is 30.3 Å². The second-order valence-electron chi connectivity index (χ2n) is 4.89. The third kappa shape index (κ3) is 2.55. The number of nitrogens with zero attached hydrogens (tertiary/aromatic N) is 1. The first-order valence-electron chi connectivity index (χ1n) is 6.72. The maximum atomic E-state index is 13.8. The molecule has 1 N–H and O–H groups in total. The Morgan fingerprint density at radius 1 is 0.958 bits per heavy atom. The van der Waals surface area contributed by atoms with E-state index in [1.807, 2.05) is 0 Å². The van der Waals surface area contributed by atoms with Crippen LogP contribution in [0.15, 0.2) is 41.2 Å². The van der Waals surface area contributed by atoms with Gasteiger partial charge in [0, 0.05) is 11.6 Å². The molecule has 0 bridgehead atoms. The van der Waals surface area contributed by atoms with Crippen LogP contribution in [0.4, 0.5) is 17.6 Å². The summed E-state index contributed by atoms with van der Waals surface area (Å²) in [6, 6.07) is 7.75. The Bertz CT molecular complexity index is 961. The second kappa shape index (κ2) is 5.88. The van der Waals surface area contributed by atoms with E-state index in [9.17, 15) is 22.4 Å². The van der Waals surface area contributed by atoms with Gasteiger partial charge in [-0.3, -0.25) is 9.89 Å². The molecular weight excluding hydrogens is 328 g/mol.